The quantitative estimate of drug-likeness (QED) is 0.301. The lowest BCUT2D eigenvalue weighted by Gasteiger charge is -2.45. The van der Waals surface area contributed by atoms with Crippen LogP contribution in [-0.2, 0) is 5.41 Å². The van der Waals surface area contributed by atoms with Crippen molar-refractivity contribution in [3.05, 3.63) is 119 Å². The van der Waals surface area contributed by atoms with Gasteiger partial charge in [-0.2, -0.15) is 0 Å². The first-order chi connectivity index (χ1) is 14.4. The van der Waals surface area contributed by atoms with Crippen LogP contribution in [0.2, 0.25) is 0 Å². The second kappa shape index (κ2) is 6.82. The van der Waals surface area contributed by atoms with E-state index < -0.39 is 5.41 Å². The van der Waals surface area contributed by atoms with Crippen LogP contribution in [-0.4, -0.2) is 0 Å². The first-order valence-electron chi connectivity index (χ1n) is 10.2. The van der Waals surface area contributed by atoms with E-state index in [1.54, 1.807) is 0 Å². The van der Waals surface area contributed by atoms with Crippen LogP contribution < -0.4 is 10.1 Å². The number of ether oxygens (including phenoxy) is 1. The van der Waals surface area contributed by atoms with Gasteiger partial charge in [-0.1, -0.05) is 86.6 Å². The van der Waals surface area contributed by atoms with E-state index in [4.69, 9.17) is 4.74 Å². The zero-order valence-electron chi connectivity index (χ0n) is 16.6. The molecule has 2 nitrogen and oxygen atoms in total. The average molecular weight is 377 g/mol. The molecule has 0 saturated carbocycles. The Balaban J connectivity index is 0.000000882. The van der Waals surface area contributed by atoms with Gasteiger partial charge in [-0.3, -0.25) is 0 Å². The monoisotopic (exact) mass is 377 g/mol. The number of rotatable bonds is 0. The third-order valence-electron chi connectivity index (χ3n) is 5.73. The average Bonchev–Trinajstić information content (AvgIpc) is 2.80. The van der Waals surface area contributed by atoms with Gasteiger partial charge in [0.1, 0.15) is 11.5 Å². The van der Waals surface area contributed by atoms with E-state index in [0.717, 1.165) is 22.9 Å². The Labute approximate surface area is 171 Å². The van der Waals surface area contributed by atoms with Crippen molar-refractivity contribution in [3.8, 4) is 11.5 Å². The predicted octanol–water partition coefficient (Wildman–Crippen LogP) is 7.26. The molecule has 4 aromatic rings. The molecule has 4 aromatic carbocycles. The SMILES string of the molecule is CC.c1ccc2c(c1)Nc1ccccc1C21c2ccccc2Oc2ccccc21. The van der Waals surface area contributed by atoms with E-state index >= 15 is 0 Å². The number of anilines is 2. The molecule has 2 aliphatic rings. The van der Waals surface area contributed by atoms with E-state index in [0.29, 0.717) is 0 Å². The minimum absolute atomic E-state index is 0.399. The molecule has 0 saturated heterocycles. The molecule has 0 radical (unpaired) electrons. The highest BCUT2D eigenvalue weighted by molar-refractivity contribution is 5.84. The zero-order valence-corrected chi connectivity index (χ0v) is 16.6. The Kier molecular flexibility index (Phi) is 4.13. The summed E-state index contributed by atoms with van der Waals surface area (Å²) in [6, 6.07) is 34.0. The van der Waals surface area contributed by atoms with E-state index in [-0.39, 0.29) is 0 Å². The third-order valence-corrected chi connectivity index (χ3v) is 5.73. The number of benzene rings is 4. The predicted molar refractivity (Wildman–Crippen MR) is 119 cm³/mol. The summed E-state index contributed by atoms with van der Waals surface area (Å²) in [5, 5.41) is 3.63. The van der Waals surface area contributed by atoms with Crippen LogP contribution in [0.5, 0.6) is 11.5 Å². The maximum atomic E-state index is 6.31. The van der Waals surface area contributed by atoms with Crippen LogP contribution in [0.25, 0.3) is 0 Å². The third kappa shape index (κ3) is 2.35. The molecule has 1 spiro atoms. The fourth-order valence-corrected chi connectivity index (χ4v) is 4.70. The largest absolute Gasteiger partial charge is 0.457 e. The summed E-state index contributed by atoms with van der Waals surface area (Å²) in [7, 11) is 0. The van der Waals surface area contributed by atoms with Crippen LogP contribution in [0.15, 0.2) is 97.1 Å². The van der Waals surface area contributed by atoms with Crippen molar-refractivity contribution in [3.63, 3.8) is 0 Å². The highest BCUT2D eigenvalue weighted by Crippen LogP contribution is 2.59. The molecule has 0 fully saturated rings. The Morgan fingerprint density at radius 2 is 0.897 bits per heavy atom. The maximum absolute atomic E-state index is 6.31. The summed E-state index contributed by atoms with van der Waals surface area (Å²) in [4.78, 5) is 0. The summed E-state index contributed by atoms with van der Waals surface area (Å²) in [6.07, 6.45) is 0. The van der Waals surface area contributed by atoms with Crippen LogP contribution in [0.4, 0.5) is 11.4 Å². The molecule has 1 N–H and O–H groups in total. The van der Waals surface area contributed by atoms with Gasteiger partial charge in [0.15, 0.2) is 0 Å². The summed E-state index contributed by atoms with van der Waals surface area (Å²) >= 11 is 0. The fraction of sp³-hybridized carbons (Fsp3) is 0.111. The lowest BCUT2D eigenvalue weighted by molar-refractivity contribution is 0.434. The van der Waals surface area contributed by atoms with E-state index in [1.165, 1.54) is 22.3 Å². The Bertz CT molecular complexity index is 1000. The smallest absolute Gasteiger partial charge is 0.132 e. The van der Waals surface area contributed by atoms with Gasteiger partial charge in [-0.25, -0.2) is 0 Å². The molecule has 2 heteroatoms. The van der Waals surface area contributed by atoms with Gasteiger partial charge in [-0.05, 0) is 35.4 Å². The summed E-state index contributed by atoms with van der Waals surface area (Å²) < 4.78 is 6.31. The summed E-state index contributed by atoms with van der Waals surface area (Å²) in [5.74, 6) is 1.84. The normalized spacial score (nSPS) is 14.0. The Hall–Kier alpha value is -3.52. The van der Waals surface area contributed by atoms with Crippen LogP contribution in [0, 0.1) is 0 Å². The molecular formula is C27H23NO. The van der Waals surface area contributed by atoms with Crippen molar-refractivity contribution >= 4 is 11.4 Å². The first kappa shape index (κ1) is 17.6. The Morgan fingerprint density at radius 3 is 1.38 bits per heavy atom. The van der Waals surface area contributed by atoms with Crippen LogP contribution in [0.3, 0.4) is 0 Å². The number of hydrogen-bond acceptors (Lipinski definition) is 2. The minimum atomic E-state index is -0.399. The van der Waals surface area contributed by atoms with Gasteiger partial charge in [0.25, 0.3) is 0 Å². The highest BCUT2D eigenvalue weighted by atomic mass is 16.5. The van der Waals surface area contributed by atoms with Crippen molar-refractivity contribution < 1.29 is 4.74 Å². The lowest BCUT2D eigenvalue weighted by atomic mass is 9.61. The van der Waals surface area contributed by atoms with Crippen molar-refractivity contribution in [2.45, 2.75) is 19.3 Å². The molecule has 6 rings (SSSR count). The first-order valence-corrected chi connectivity index (χ1v) is 10.2. The molecule has 0 aromatic heterocycles. The highest BCUT2D eigenvalue weighted by Gasteiger charge is 2.49. The number of fused-ring (bicyclic) bond motifs is 8. The fourth-order valence-electron chi connectivity index (χ4n) is 4.70. The molecular weight excluding hydrogens is 354 g/mol. The lowest BCUT2D eigenvalue weighted by Crippen LogP contribution is -2.37. The van der Waals surface area contributed by atoms with Crippen molar-refractivity contribution in [2.75, 3.05) is 5.32 Å². The van der Waals surface area contributed by atoms with Gasteiger partial charge >= 0.3 is 0 Å². The second-order valence-electron chi connectivity index (χ2n) is 7.06. The molecule has 0 atom stereocenters. The molecule has 0 aliphatic carbocycles. The summed E-state index contributed by atoms with van der Waals surface area (Å²) in [5.41, 5.74) is 6.77. The van der Waals surface area contributed by atoms with Gasteiger partial charge in [-0.15, -0.1) is 0 Å². The molecule has 29 heavy (non-hydrogen) atoms. The molecule has 142 valence electrons. The van der Waals surface area contributed by atoms with Gasteiger partial charge in [0.05, 0.1) is 5.41 Å². The van der Waals surface area contributed by atoms with Gasteiger partial charge in [0, 0.05) is 22.5 Å². The van der Waals surface area contributed by atoms with E-state index in [9.17, 15) is 0 Å². The van der Waals surface area contributed by atoms with Crippen molar-refractivity contribution in [1.82, 2.24) is 0 Å². The van der Waals surface area contributed by atoms with E-state index in [2.05, 4.69) is 90.2 Å². The molecule has 0 bridgehead atoms. The van der Waals surface area contributed by atoms with Crippen LogP contribution >= 0.6 is 0 Å². The topological polar surface area (TPSA) is 21.3 Å². The molecule has 2 aliphatic heterocycles. The van der Waals surface area contributed by atoms with Crippen LogP contribution in [0.1, 0.15) is 36.1 Å². The molecule has 2 heterocycles. The van der Waals surface area contributed by atoms with Gasteiger partial charge in [0.2, 0.25) is 0 Å². The maximum Gasteiger partial charge on any atom is 0.132 e. The number of para-hydroxylation sites is 4. The van der Waals surface area contributed by atoms with Crippen molar-refractivity contribution in [2.24, 2.45) is 0 Å². The van der Waals surface area contributed by atoms with E-state index in [1.807, 2.05) is 26.0 Å². The number of nitrogens with one attached hydrogen (secondary N) is 1. The second-order valence-corrected chi connectivity index (χ2v) is 7.06. The van der Waals surface area contributed by atoms with Gasteiger partial charge < -0.3 is 10.1 Å². The molecule has 0 unspecified atom stereocenters. The zero-order chi connectivity index (χ0) is 19.8. The van der Waals surface area contributed by atoms with Crippen molar-refractivity contribution in [1.29, 1.82) is 0 Å². The number of hydrogen-bond donors (Lipinski definition) is 1. The summed E-state index contributed by atoms with van der Waals surface area (Å²) in [6.45, 7) is 4.00. The minimum Gasteiger partial charge on any atom is -0.457 e. The Morgan fingerprint density at radius 1 is 0.517 bits per heavy atom. The molecule has 0 amide bonds. The standard InChI is InChI=1S/C25H17NO.C2H6/c1-5-13-21-17(9-1)25(18-10-2-6-14-22(18)26-21)19-11-3-7-15-23(19)27-24-16-8-4-12-20(24)25;1-2/h1-16,26H;1-2H3.